The Morgan fingerprint density at radius 2 is 2.03 bits per heavy atom. The summed E-state index contributed by atoms with van der Waals surface area (Å²) in [6.07, 6.45) is 3.97. The van der Waals surface area contributed by atoms with Gasteiger partial charge in [0.25, 0.3) is 5.91 Å². The summed E-state index contributed by atoms with van der Waals surface area (Å²) in [5.74, 6) is -0.905. The number of aromatic hydroxyl groups is 1. The number of amides is 1. The molecule has 4 atom stereocenters. The number of carbonyl (C=O) groups is 2. The van der Waals surface area contributed by atoms with Crippen molar-refractivity contribution in [3.05, 3.63) is 64.0 Å². The van der Waals surface area contributed by atoms with Gasteiger partial charge in [-0.05, 0) is 42.3 Å². The first-order chi connectivity index (χ1) is 15.0. The van der Waals surface area contributed by atoms with Crippen molar-refractivity contribution < 1.29 is 29.3 Å². The molecule has 1 aromatic heterocycles. The fourth-order valence-electron chi connectivity index (χ4n) is 4.14. The summed E-state index contributed by atoms with van der Waals surface area (Å²) < 4.78 is 11.9. The number of benzene rings is 1. The molecule has 1 saturated heterocycles. The Morgan fingerprint density at radius 1 is 1.19 bits per heavy atom. The first kappa shape index (κ1) is 21.5. The number of thiophene rings is 1. The Kier molecular flexibility index (Phi) is 6.70. The SMILES string of the molecule is O=C(N/C=C/C[C@H]1C[C@H]2C[C@H](O)C[C@H](Cc3cccc(O)c3C(=O)O1)O2)c1cccs1. The second-order valence-electron chi connectivity index (χ2n) is 7.87. The molecule has 2 aromatic rings. The van der Waals surface area contributed by atoms with Crippen LogP contribution in [0.4, 0.5) is 0 Å². The van der Waals surface area contributed by atoms with Gasteiger partial charge in [-0.15, -0.1) is 11.3 Å². The minimum atomic E-state index is -0.574. The van der Waals surface area contributed by atoms with Crippen LogP contribution in [0.3, 0.4) is 0 Å². The van der Waals surface area contributed by atoms with Gasteiger partial charge in [0, 0.05) is 19.0 Å². The highest BCUT2D eigenvalue weighted by molar-refractivity contribution is 7.12. The highest BCUT2D eigenvalue weighted by atomic mass is 32.1. The molecule has 1 amide bonds. The minimum Gasteiger partial charge on any atom is -0.507 e. The van der Waals surface area contributed by atoms with Gasteiger partial charge in [0.1, 0.15) is 17.4 Å². The number of phenols is 1. The maximum absolute atomic E-state index is 12.9. The molecule has 1 aromatic carbocycles. The van der Waals surface area contributed by atoms with Gasteiger partial charge in [-0.1, -0.05) is 24.3 Å². The molecule has 7 nitrogen and oxygen atoms in total. The van der Waals surface area contributed by atoms with Crippen LogP contribution < -0.4 is 5.32 Å². The molecule has 4 rings (SSSR count). The molecule has 164 valence electrons. The van der Waals surface area contributed by atoms with E-state index in [9.17, 15) is 19.8 Å². The molecule has 0 saturated carbocycles. The Bertz CT molecular complexity index is 957. The van der Waals surface area contributed by atoms with Crippen LogP contribution in [0.2, 0.25) is 0 Å². The van der Waals surface area contributed by atoms with E-state index in [1.807, 2.05) is 11.4 Å². The summed E-state index contributed by atoms with van der Waals surface area (Å²) in [6, 6.07) is 8.46. The maximum Gasteiger partial charge on any atom is 0.342 e. The van der Waals surface area contributed by atoms with E-state index < -0.39 is 18.2 Å². The molecule has 31 heavy (non-hydrogen) atoms. The number of nitrogens with one attached hydrogen (secondary N) is 1. The number of rotatable bonds is 4. The summed E-state index contributed by atoms with van der Waals surface area (Å²) >= 11 is 1.35. The van der Waals surface area contributed by atoms with Gasteiger partial charge in [0.05, 0.1) is 23.2 Å². The van der Waals surface area contributed by atoms with Crippen LogP contribution in [-0.2, 0) is 15.9 Å². The third-order valence-corrected chi connectivity index (χ3v) is 6.38. The Hall–Kier alpha value is -2.68. The van der Waals surface area contributed by atoms with Crippen molar-refractivity contribution in [2.24, 2.45) is 0 Å². The number of cyclic esters (lactones) is 1. The number of carbonyl (C=O) groups excluding carboxylic acids is 2. The molecule has 2 aliphatic rings. The third kappa shape index (κ3) is 5.33. The van der Waals surface area contributed by atoms with Crippen molar-refractivity contribution in [2.75, 3.05) is 0 Å². The molecule has 0 aliphatic carbocycles. The number of hydrogen-bond donors (Lipinski definition) is 3. The van der Waals surface area contributed by atoms with Crippen LogP contribution >= 0.6 is 11.3 Å². The van der Waals surface area contributed by atoms with Gasteiger partial charge in [0.15, 0.2) is 0 Å². The van der Waals surface area contributed by atoms with Crippen LogP contribution in [0.1, 0.15) is 51.3 Å². The average Bonchev–Trinajstić information content (AvgIpc) is 3.25. The number of aliphatic hydroxyl groups excluding tert-OH is 1. The molecule has 2 bridgehead atoms. The van der Waals surface area contributed by atoms with E-state index in [-0.39, 0.29) is 29.4 Å². The van der Waals surface area contributed by atoms with Crippen molar-refractivity contribution in [3.8, 4) is 5.75 Å². The van der Waals surface area contributed by atoms with Gasteiger partial charge in [0.2, 0.25) is 0 Å². The molecular weight excluding hydrogens is 418 g/mol. The third-order valence-electron chi connectivity index (χ3n) is 5.51. The number of hydrogen-bond acceptors (Lipinski definition) is 7. The summed E-state index contributed by atoms with van der Waals surface area (Å²) in [6.45, 7) is 0. The molecule has 0 unspecified atom stereocenters. The van der Waals surface area contributed by atoms with Crippen molar-refractivity contribution in [1.29, 1.82) is 0 Å². The zero-order chi connectivity index (χ0) is 21.8. The van der Waals surface area contributed by atoms with Gasteiger partial charge >= 0.3 is 5.97 Å². The van der Waals surface area contributed by atoms with Gasteiger partial charge in [-0.25, -0.2) is 4.79 Å². The van der Waals surface area contributed by atoms with Crippen molar-refractivity contribution in [1.82, 2.24) is 5.32 Å². The molecule has 3 heterocycles. The standard InChI is InChI=1S/C23H25NO6S/c25-15-11-17-10-14-4-1-6-19(26)21(14)23(28)30-16(13-18(12-15)29-17)5-2-8-24-22(27)20-7-3-9-31-20/h1-4,6-9,15-18,25-26H,5,10-13H2,(H,24,27)/b8-2+/t15-,16+,17+,18-/m1/s1. The Morgan fingerprint density at radius 3 is 2.84 bits per heavy atom. The maximum atomic E-state index is 12.9. The fourth-order valence-corrected chi connectivity index (χ4v) is 4.76. The van der Waals surface area contributed by atoms with Crippen LogP contribution in [0.5, 0.6) is 5.75 Å². The first-order valence-electron chi connectivity index (χ1n) is 10.3. The van der Waals surface area contributed by atoms with E-state index in [1.165, 1.54) is 17.4 Å². The van der Waals surface area contributed by atoms with E-state index in [1.54, 1.807) is 30.5 Å². The lowest BCUT2D eigenvalue weighted by Gasteiger charge is -2.36. The lowest BCUT2D eigenvalue weighted by atomic mass is 9.91. The largest absolute Gasteiger partial charge is 0.507 e. The molecule has 2 aliphatic heterocycles. The van der Waals surface area contributed by atoms with Crippen molar-refractivity contribution in [3.63, 3.8) is 0 Å². The smallest absolute Gasteiger partial charge is 0.342 e. The van der Waals surface area contributed by atoms with E-state index in [4.69, 9.17) is 9.47 Å². The molecular formula is C23H25NO6S. The number of ether oxygens (including phenoxy) is 2. The van der Waals surface area contributed by atoms with Crippen LogP contribution in [0, 0.1) is 0 Å². The highest BCUT2D eigenvalue weighted by Crippen LogP contribution is 2.32. The molecule has 1 fully saturated rings. The number of fused-ring (bicyclic) bond motifs is 3. The van der Waals surface area contributed by atoms with Gasteiger partial charge < -0.3 is 25.0 Å². The minimum absolute atomic E-state index is 0.131. The molecule has 8 heteroatoms. The van der Waals surface area contributed by atoms with Crippen molar-refractivity contribution >= 4 is 23.2 Å². The lowest BCUT2D eigenvalue weighted by Crippen LogP contribution is -2.40. The molecule has 0 radical (unpaired) electrons. The van der Waals surface area contributed by atoms with E-state index in [0.717, 1.165) is 0 Å². The normalized spacial score (nSPS) is 26.2. The summed E-state index contributed by atoms with van der Waals surface area (Å²) in [4.78, 5) is 25.5. The summed E-state index contributed by atoms with van der Waals surface area (Å²) in [5, 5.41) is 25.1. The van der Waals surface area contributed by atoms with Gasteiger partial charge in [-0.3, -0.25) is 4.79 Å². The zero-order valence-electron chi connectivity index (χ0n) is 16.9. The number of phenolic OH excluding ortho intramolecular Hbond substituents is 1. The number of aliphatic hydroxyl groups is 1. The second-order valence-corrected chi connectivity index (χ2v) is 8.82. The fraction of sp³-hybridized carbons (Fsp3) is 0.391. The van der Waals surface area contributed by atoms with Crippen molar-refractivity contribution in [2.45, 2.75) is 56.5 Å². The zero-order valence-corrected chi connectivity index (χ0v) is 17.7. The predicted octanol–water partition coefficient (Wildman–Crippen LogP) is 3.17. The second kappa shape index (κ2) is 9.64. The van der Waals surface area contributed by atoms with Crippen LogP contribution in [0.25, 0.3) is 0 Å². The average molecular weight is 444 g/mol. The van der Waals surface area contributed by atoms with Crippen LogP contribution in [0.15, 0.2) is 48.0 Å². The van der Waals surface area contributed by atoms with E-state index in [0.29, 0.717) is 42.5 Å². The first-order valence-corrected chi connectivity index (χ1v) is 11.2. The Labute approximate surface area is 184 Å². The van der Waals surface area contributed by atoms with E-state index in [2.05, 4.69) is 5.32 Å². The monoisotopic (exact) mass is 443 g/mol. The highest BCUT2D eigenvalue weighted by Gasteiger charge is 2.34. The quantitative estimate of drug-likeness (QED) is 0.627. The van der Waals surface area contributed by atoms with E-state index >= 15 is 0 Å². The number of esters is 1. The molecule has 0 spiro atoms. The summed E-state index contributed by atoms with van der Waals surface area (Å²) in [7, 11) is 0. The molecule has 3 N–H and O–H groups in total. The van der Waals surface area contributed by atoms with Crippen LogP contribution in [-0.4, -0.2) is 46.5 Å². The predicted molar refractivity (Wildman–Crippen MR) is 115 cm³/mol. The van der Waals surface area contributed by atoms with Gasteiger partial charge in [-0.2, -0.15) is 0 Å². The lowest BCUT2D eigenvalue weighted by molar-refractivity contribution is -0.109. The topological polar surface area (TPSA) is 105 Å². The Balaban J connectivity index is 1.50. The summed E-state index contributed by atoms with van der Waals surface area (Å²) in [5.41, 5.74) is 0.784.